The Morgan fingerprint density at radius 3 is 2.90 bits per heavy atom. The first-order valence-corrected chi connectivity index (χ1v) is 8.03. The summed E-state index contributed by atoms with van der Waals surface area (Å²) < 4.78 is 1.89. The van der Waals surface area contributed by atoms with Gasteiger partial charge in [0.25, 0.3) is 0 Å². The lowest BCUT2D eigenvalue weighted by atomic mass is 9.88. The number of halogens is 1. The Bertz CT molecular complexity index is 518. The van der Waals surface area contributed by atoms with E-state index in [0.717, 1.165) is 32.5 Å². The first-order valence-electron chi connectivity index (χ1n) is 7.65. The van der Waals surface area contributed by atoms with Crippen molar-refractivity contribution < 1.29 is 4.79 Å². The molecule has 1 saturated heterocycles. The number of rotatable bonds is 4. The van der Waals surface area contributed by atoms with E-state index in [1.165, 1.54) is 6.42 Å². The van der Waals surface area contributed by atoms with Crippen LogP contribution < -0.4 is 0 Å². The molecule has 1 aromatic heterocycles. The van der Waals surface area contributed by atoms with Crippen LogP contribution in [0.2, 0.25) is 5.02 Å². The fraction of sp³-hybridized carbons (Fsp3) is 0.733. The molecule has 0 radical (unpaired) electrons. The molecular weight excluding hydrogens is 288 g/mol. The number of amides is 1. The molecule has 2 fully saturated rings. The van der Waals surface area contributed by atoms with E-state index in [0.29, 0.717) is 28.8 Å². The summed E-state index contributed by atoms with van der Waals surface area (Å²) in [4.78, 5) is 16.1. The van der Waals surface area contributed by atoms with Crippen LogP contribution in [0, 0.1) is 11.8 Å². The van der Waals surface area contributed by atoms with Crippen molar-refractivity contribution in [3.05, 3.63) is 17.4 Å². The molecule has 0 unspecified atom stereocenters. The molecule has 1 aliphatic carbocycles. The molecule has 2 heterocycles. The number of fused-ring (bicyclic) bond motifs is 1. The lowest BCUT2D eigenvalue weighted by Gasteiger charge is -2.31. The average molecular weight is 311 g/mol. The van der Waals surface area contributed by atoms with Crippen LogP contribution in [0.15, 0.2) is 12.4 Å². The number of hydrogen-bond donors (Lipinski definition) is 0. The summed E-state index contributed by atoms with van der Waals surface area (Å²) in [5.41, 5.74) is 0. The third-order valence-electron chi connectivity index (χ3n) is 5.09. The number of carbonyl (C=O) groups excluding carboxylic acids is 1. The molecule has 5 nitrogen and oxygen atoms in total. The van der Waals surface area contributed by atoms with Crippen LogP contribution >= 0.6 is 11.6 Å². The van der Waals surface area contributed by atoms with E-state index < -0.39 is 0 Å². The molecular formula is C15H23ClN4O. The molecule has 21 heavy (non-hydrogen) atoms. The fourth-order valence-corrected chi connectivity index (χ4v) is 3.91. The first kappa shape index (κ1) is 14.9. The summed E-state index contributed by atoms with van der Waals surface area (Å²) in [7, 11) is 4.11. The number of nitrogens with zero attached hydrogens (tertiary/aromatic N) is 4. The minimum Gasteiger partial charge on any atom is -0.345 e. The molecule has 1 amide bonds. The minimum absolute atomic E-state index is 0.311. The molecule has 116 valence electrons. The number of likely N-dealkylation sites (N-methyl/N-ethyl adjacent to an activating group) is 1. The van der Waals surface area contributed by atoms with Gasteiger partial charge in [0.1, 0.15) is 0 Å². The Morgan fingerprint density at radius 2 is 2.19 bits per heavy atom. The van der Waals surface area contributed by atoms with E-state index in [1.54, 1.807) is 6.20 Å². The van der Waals surface area contributed by atoms with Crippen molar-refractivity contribution in [2.45, 2.75) is 31.8 Å². The van der Waals surface area contributed by atoms with E-state index >= 15 is 0 Å². The van der Waals surface area contributed by atoms with Gasteiger partial charge in [-0.25, -0.2) is 0 Å². The summed E-state index contributed by atoms with van der Waals surface area (Å²) in [5.74, 6) is 1.57. The molecule has 1 aliphatic heterocycles. The molecule has 1 aromatic rings. The van der Waals surface area contributed by atoms with Gasteiger partial charge in [0, 0.05) is 38.8 Å². The van der Waals surface area contributed by atoms with Gasteiger partial charge in [-0.1, -0.05) is 11.6 Å². The zero-order valence-corrected chi connectivity index (χ0v) is 13.5. The second kappa shape index (κ2) is 5.97. The predicted octanol–water partition coefficient (Wildman–Crippen LogP) is 1.73. The van der Waals surface area contributed by atoms with Crippen molar-refractivity contribution in [2.24, 2.45) is 11.8 Å². The van der Waals surface area contributed by atoms with Crippen LogP contribution in [0.25, 0.3) is 0 Å². The van der Waals surface area contributed by atoms with Gasteiger partial charge in [0.15, 0.2) is 0 Å². The maximum absolute atomic E-state index is 11.8. The monoisotopic (exact) mass is 310 g/mol. The first-order chi connectivity index (χ1) is 10.0. The molecule has 3 rings (SSSR count). The second-order valence-corrected chi connectivity index (χ2v) is 6.96. The Kier molecular flexibility index (Phi) is 4.22. The van der Waals surface area contributed by atoms with Crippen LogP contribution in [0.3, 0.4) is 0 Å². The highest BCUT2D eigenvalue weighted by molar-refractivity contribution is 6.30. The van der Waals surface area contributed by atoms with Crippen LogP contribution in [0.1, 0.15) is 19.3 Å². The Balaban J connectivity index is 1.52. The number of hydrogen-bond acceptors (Lipinski definition) is 3. The highest BCUT2D eigenvalue weighted by atomic mass is 35.5. The van der Waals surface area contributed by atoms with Gasteiger partial charge in [-0.2, -0.15) is 5.10 Å². The van der Waals surface area contributed by atoms with Crippen LogP contribution in [0.5, 0.6) is 0 Å². The van der Waals surface area contributed by atoms with Crippen molar-refractivity contribution in [3.63, 3.8) is 0 Å². The van der Waals surface area contributed by atoms with Crippen LogP contribution in [0.4, 0.5) is 0 Å². The standard InChI is InChI=1S/C15H23ClN4O/c1-18(3-4-20-10-13(16)8-17-20)14-5-11-7-15(21)19(2)9-12(11)6-14/h8,10-12,14H,3-7,9H2,1-2H3/t11-,12+,14-/m0/s1. The van der Waals surface area contributed by atoms with Gasteiger partial charge in [-0.3, -0.25) is 9.48 Å². The molecule has 1 saturated carbocycles. The largest absolute Gasteiger partial charge is 0.345 e. The number of aromatic nitrogens is 2. The third kappa shape index (κ3) is 3.24. The van der Waals surface area contributed by atoms with Gasteiger partial charge in [-0.05, 0) is 31.7 Å². The van der Waals surface area contributed by atoms with Gasteiger partial charge in [0.2, 0.25) is 5.91 Å². The topological polar surface area (TPSA) is 41.4 Å². The number of carbonyl (C=O) groups is 1. The highest BCUT2D eigenvalue weighted by Gasteiger charge is 2.41. The zero-order chi connectivity index (χ0) is 15.0. The summed E-state index contributed by atoms with van der Waals surface area (Å²) in [6, 6.07) is 0.588. The Morgan fingerprint density at radius 1 is 1.43 bits per heavy atom. The molecule has 0 N–H and O–H groups in total. The summed E-state index contributed by atoms with van der Waals surface area (Å²) in [6.45, 7) is 2.75. The molecule has 3 atom stereocenters. The predicted molar refractivity (Wildman–Crippen MR) is 82.1 cm³/mol. The van der Waals surface area contributed by atoms with Gasteiger partial charge >= 0.3 is 0 Å². The SMILES string of the molecule is CN1C[C@H]2C[C@@H](N(C)CCn3cc(Cl)cn3)C[C@H]2CC1=O. The Hall–Kier alpha value is -1.07. The Labute approximate surface area is 130 Å². The molecule has 0 aromatic carbocycles. The summed E-state index contributed by atoms with van der Waals surface area (Å²) >= 11 is 5.88. The van der Waals surface area contributed by atoms with Gasteiger partial charge in [0.05, 0.1) is 17.8 Å². The normalized spacial score (nSPS) is 29.2. The van der Waals surface area contributed by atoms with Crippen molar-refractivity contribution in [3.8, 4) is 0 Å². The smallest absolute Gasteiger partial charge is 0.222 e. The lowest BCUT2D eigenvalue weighted by molar-refractivity contribution is -0.134. The number of piperidine rings is 1. The second-order valence-electron chi connectivity index (χ2n) is 6.53. The quantitative estimate of drug-likeness (QED) is 0.850. The minimum atomic E-state index is 0.311. The van der Waals surface area contributed by atoms with E-state index in [1.807, 2.05) is 22.8 Å². The van der Waals surface area contributed by atoms with Crippen molar-refractivity contribution in [2.75, 3.05) is 27.2 Å². The van der Waals surface area contributed by atoms with Crippen LogP contribution in [-0.4, -0.2) is 58.7 Å². The average Bonchev–Trinajstić information content (AvgIpc) is 3.03. The summed E-state index contributed by atoms with van der Waals surface area (Å²) in [6.07, 6.45) is 6.63. The van der Waals surface area contributed by atoms with Crippen LogP contribution in [-0.2, 0) is 11.3 Å². The van der Waals surface area contributed by atoms with Gasteiger partial charge < -0.3 is 9.80 Å². The highest BCUT2D eigenvalue weighted by Crippen LogP contribution is 2.39. The maximum Gasteiger partial charge on any atom is 0.222 e. The van der Waals surface area contributed by atoms with E-state index in [-0.39, 0.29) is 0 Å². The summed E-state index contributed by atoms with van der Waals surface area (Å²) in [5, 5.41) is 4.90. The van der Waals surface area contributed by atoms with E-state index in [2.05, 4.69) is 17.0 Å². The van der Waals surface area contributed by atoms with Crippen molar-refractivity contribution >= 4 is 17.5 Å². The van der Waals surface area contributed by atoms with Gasteiger partial charge in [-0.15, -0.1) is 0 Å². The fourth-order valence-electron chi connectivity index (χ4n) is 3.75. The lowest BCUT2D eigenvalue weighted by Crippen LogP contribution is -2.39. The molecule has 2 aliphatic rings. The van der Waals surface area contributed by atoms with Crippen molar-refractivity contribution in [1.82, 2.24) is 19.6 Å². The third-order valence-corrected chi connectivity index (χ3v) is 5.29. The van der Waals surface area contributed by atoms with E-state index in [9.17, 15) is 4.79 Å². The van der Waals surface area contributed by atoms with Crippen molar-refractivity contribution in [1.29, 1.82) is 0 Å². The number of likely N-dealkylation sites (tertiary alicyclic amines) is 1. The van der Waals surface area contributed by atoms with E-state index in [4.69, 9.17) is 11.6 Å². The maximum atomic E-state index is 11.8. The molecule has 6 heteroatoms. The molecule has 0 bridgehead atoms. The zero-order valence-electron chi connectivity index (χ0n) is 12.7. The molecule has 0 spiro atoms.